The highest BCUT2D eigenvalue weighted by Gasteiger charge is 2.08. The van der Waals surface area contributed by atoms with Gasteiger partial charge < -0.3 is 4.84 Å². The first-order valence-corrected chi connectivity index (χ1v) is 4.63. The van der Waals surface area contributed by atoms with Crippen LogP contribution in [0.5, 0.6) is 0 Å². The van der Waals surface area contributed by atoms with Crippen molar-refractivity contribution in [3.63, 3.8) is 0 Å². The van der Waals surface area contributed by atoms with Gasteiger partial charge in [-0.3, -0.25) is 0 Å². The molecule has 0 radical (unpaired) electrons. The second kappa shape index (κ2) is 4.80. The van der Waals surface area contributed by atoms with E-state index in [-0.39, 0.29) is 0 Å². The summed E-state index contributed by atoms with van der Waals surface area (Å²) in [5.41, 5.74) is 1.39. The van der Waals surface area contributed by atoms with Gasteiger partial charge in [0.15, 0.2) is 0 Å². The summed E-state index contributed by atoms with van der Waals surface area (Å²) in [6.07, 6.45) is 5.49. The Kier molecular flexibility index (Phi) is 3.68. The molecule has 0 N–H and O–H groups in total. The highest BCUT2D eigenvalue weighted by atomic mass is 16.7. The highest BCUT2D eigenvalue weighted by molar-refractivity contribution is 5.89. The second-order valence-corrected chi connectivity index (χ2v) is 3.38. The monoisotopic (exact) mass is 181 g/mol. The number of rotatable bonds is 2. The van der Waals surface area contributed by atoms with Crippen LogP contribution in [0.15, 0.2) is 17.3 Å². The van der Waals surface area contributed by atoms with Crippen molar-refractivity contribution in [3.05, 3.63) is 12.2 Å². The minimum atomic E-state index is -0.432. The van der Waals surface area contributed by atoms with Gasteiger partial charge in [-0.2, -0.15) is 0 Å². The number of carbonyl (C=O) groups is 1. The molecule has 0 unspecified atom stereocenters. The Morgan fingerprint density at radius 2 is 2.00 bits per heavy atom. The number of oxime groups is 1. The molecule has 13 heavy (non-hydrogen) atoms. The van der Waals surface area contributed by atoms with Crippen molar-refractivity contribution in [1.29, 1.82) is 0 Å². The molecule has 0 aromatic heterocycles. The molecule has 0 aromatic carbocycles. The fourth-order valence-electron chi connectivity index (χ4n) is 1.24. The molecule has 0 saturated heterocycles. The molecule has 1 fully saturated rings. The van der Waals surface area contributed by atoms with E-state index in [1.54, 1.807) is 6.92 Å². The van der Waals surface area contributed by atoms with E-state index < -0.39 is 5.97 Å². The first-order valence-electron chi connectivity index (χ1n) is 4.63. The summed E-state index contributed by atoms with van der Waals surface area (Å²) in [6, 6.07) is 0. The molecule has 0 aliphatic heterocycles. The fourth-order valence-corrected chi connectivity index (χ4v) is 1.24. The van der Waals surface area contributed by atoms with Crippen LogP contribution in [-0.4, -0.2) is 11.7 Å². The van der Waals surface area contributed by atoms with Gasteiger partial charge in [0.25, 0.3) is 0 Å². The highest BCUT2D eigenvalue weighted by Crippen LogP contribution is 2.14. The van der Waals surface area contributed by atoms with Gasteiger partial charge in [0.2, 0.25) is 0 Å². The number of hydrogen-bond acceptors (Lipinski definition) is 3. The molecule has 72 valence electrons. The van der Waals surface area contributed by atoms with Gasteiger partial charge in [0.1, 0.15) is 0 Å². The lowest BCUT2D eigenvalue weighted by molar-refractivity contribution is -0.138. The Morgan fingerprint density at radius 1 is 1.38 bits per heavy atom. The van der Waals surface area contributed by atoms with Crippen LogP contribution in [-0.2, 0) is 9.63 Å². The standard InChI is InChI=1S/C10H15NO2/c1-8(2)10(12)13-11-9-6-4-3-5-7-9/h1,3-7H2,2H3. The Balaban J connectivity index is 2.37. The Morgan fingerprint density at radius 3 is 2.54 bits per heavy atom. The summed E-state index contributed by atoms with van der Waals surface area (Å²) in [7, 11) is 0. The van der Waals surface area contributed by atoms with Crippen LogP contribution in [0.1, 0.15) is 39.0 Å². The molecule has 0 spiro atoms. The third-order valence-corrected chi connectivity index (χ3v) is 2.04. The summed E-state index contributed by atoms with van der Waals surface area (Å²) in [5.74, 6) is -0.432. The zero-order valence-electron chi connectivity index (χ0n) is 8.01. The van der Waals surface area contributed by atoms with E-state index in [4.69, 9.17) is 4.84 Å². The van der Waals surface area contributed by atoms with Crippen molar-refractivity contribution in [2.75, 3.05) is 0 Å². The van der Waals surface area contributed by atoms with Crippen molar-refractivity contribution in [1.82, 2.24) is 0 Å². The summed E-state index contributed by atoms with van der Waals surface area (Å²) < 4.78 is 0. The molecule has 0 bridgehead atoms. The molecular weight excluding hydrogens is 166 g/mol. The number of nitrogens with zero attached hydrogens (tertiary/aromatic N) is 1. The maximum absolute atomic E-state index is 11.0. The normalized spacial score (nSPS) is 16.5. The van der Waals surface area contributed by atoms with Crippen LogP contribution < -0.4 is 0 Å². The Labute approximate surface area is 78.5 Å². The third-order valence-electron chi connectivity index (χ3n) is 2.04. The van der Waals surface area contributed by atoms with E-state index in [9.17, 15) is 4.79 Å². The first kappa shape index (κ1) is 9.96. The summed E-state index contributed by atoms with van der Waals surface area (Å²) in [6.45, 7) is 5.09. The van der Waals surface area contributed by atoms with Crippen molar-refractivity contribution in [2.24, 2.45) is 5.16 Å². The van der Waals surface area contributed by atoms with Crippen LogP contribution in [0, 0.1) is 0 Å². The molecule has 3 nitrogen and oxygen atoms in total. The van der Waals surface area contributed by atoms with Crippen molar-refractivity contribution in [2.45, 2.75) is 39.0 Å². The van der Waals surface area contributed by atoms with Gasteiger partial charge >= 0.3 is 5.97 Å². The molecular formula is C10H15NO2. The minimum Gasteiger partial charge on any atom is -0.313 e. The Bertz CT molecular complexity index is 235. The largest absolute Gasteiger partial charge is 0.360 e. The van der Waals surface area contributed by atoms with Gasteiger partial charge in [-0.25, -0.2) is 4.79 Å². The SMILES string of the molecule is C=C(C)C(=O)ON=C1CCCCC1. The van der Waals surface area contributed by atoms with Crippen LogP contribution >= 0.6 is 0 Å². The third kappa shape index (κ3) is 3.40. The predicted octanol–water partition coefficient (Wildman–Crippen LogP) is 2.43. The van der Waals surface area contributed by atoms with E-state index in [1.165, 1.54) is 6.42 Å². The summed E-state index contributed by atoms with van der Waals surface area (Å²) in [5, 5.41) is 3.81. The van der Waals surface area contributed by atoms with E-state index in [1.807, 2.05) is 0 Å². The molecule has 0 atom stereocenters. The van der Waals surface area contributed by atoms with Crippen LogP contribution in [0.25, 0.3) is 0 Å². The molecule has 1 aliphatic carbocycles. The average Bonchev–Trinajstić information content (AvgIpc) is 2.15. The van der Waals surface area contributed by atoms with Crippen LogP contribution in [0.4, 0.5) is 0 Å². The van der Waals surface area contributed by atoms with E-state index in [2.05, 4.69) is 11.7 Å². The first-order chi connectivity index (χ1) is 6.20. The molecule has 3 heteroatoms. The lowest BCUT2D eigenvalue weighted by Crippen LogP contribution is -2.08. The minimum absolute atomic E-state index is 0.389. The molecule has 1 aliphatic rings. The average molecular weight is 181 g/mol. The van der Waals surface area contributed by atoms with Crippen molar-refractivity contribution in [3.8, 4) is 0 Å². The molecule has 1 saturated carbocycles. The molecule has 0 aromatic rings. The maximum Gasteiger partial charge on any atom is 0.360 e. The lowest BCUT2D eigenvalue weighted by atomic mass is 9.99. The van der Waals surface area contributed by atoms with Crippen LogP contribution in [0.3, 0.4) is 0 Å². The van der Waals surface area contributed by atoms with Crippen molar-refractivity contribution >= 4 is 11.7 Å². The van der Waals surface area contributed by atoms with E-state index >= 15 is 0 Å². The maximum atomic E-state index is 11.0. The Hall–Kier alpha value is -1.12. The molecule has 0 amide bonds. The summed E-state index contributed by atoms with van der Waals surface area (Å²) in [4.78, 5) is 15.6. The molecule has 0 heterocycles. The van der Waals surface area contributed by atoms with E-state index in [0.717, 1.165) is 31.4 Å². The topological polar surface area (TPSA) is 38.7 Å². The smallest absolute Gasteiger partial charge is 0.313 e. The van der Waals surface area contributed by atoms with Gasteiger partial charge in [0.05, 0.1) is 5.71 Å². The van der Waals surface area contributed by atoms with Crippen molar-refractivity contribution < 1.29 is 9.63 Å². The van der Waals surface area contributed by atoms with Gasteiger partial charge in [-0.1, -0.05) is 18.2 Å². The van der Waals surface area contributed by atoms with Gasteiger partial charge in [-0.15, -0.1) is 0 Å². The van der Waals surface area contributed by atoms with Gasteiger partial charge in [0, 0.05) is 5.57 Å². The predicted molar refractivity (Wildman–Crippen MR) is 51.4 cm³/mol. The second-order valence-electron chi connectivity index (χ2n) is 3.38. The zero-order chi connectivity index (χ0) is 9.68. The summed E-state index contributed by atoms with van der Waals surface area (Å²) >= 11 is 0. The lowest BCUT2D eigenvalue weighted by Gasteiger charge is -2.10. The van der Waals surface area contributed by atoms with Gasteiger partial charge in [-0.05, 0) is 32.6 Å². The molecule has 1 rings (SSSR count). The quantitative estimate of drug-likeness (QED) is 0.373. The number of hydrogen-bond donors (Lipinski definition) is 0. The zero-order valence-corrected chi connectivity index (χ0v) is 8.01. The fraction of sp³-hybridized carbons (Fsp3) is 0.600. The number of carbonyl (C=O) groups excluding carboxylic acids is 1. The van der Waals surface area contributed by atoms with Crippen LogP contribution in [0.2, 0.25) is 0 Å². The van der Waals surface area contributed by atoms with E-state index in [0.29, 0.717) is 5.57 Å².